The molecule has 2 fully saturated rings. The number of nitrogens with zero attached hydrogens (tertiary/aromatic N) is 1. The normalized spacial score (nSPS) is 25.2. The first kappa shape index (κ1) is 14.0. The van der Waals surface area contributed by atoms with Crippen LogP contribution in [-0.4, -0.2) is 50.7 Å². The molecule has 5 heteroatoms. The summed E-state index contributed by atoms with van der Waals surface area (Å²) >= 11 is 1.58. The smallest absolute Gasteiger partial charge is 0.254 e. The van der Waals surface area contributed by atoms with E-state index >= 15 is 0 Å². The van der Waals surface area contributed by atoms with Gasteiger partial charge in [0.2, 0.25) is 0 Å². The number of thiophene rings is 1. The first-order valence-corrected chi connectivity index (χ1v) is 8.20. The summed E-state index contributed by atoms with van der Waals surface area (Å²) in [7, 11) is 1.76. The van der Waals surface area contributed by atoms with E-state index in [1.807, 2.05) is 21.7 Å². The monoisotopic (exact) mass is 294 g/mol. The lowest BCUT2D eigenvalue weighted by Crippen LogP contribution is -2.43. The van der Waals surface area contributed by atoms with Crippen LogP contribution in [0.3, 0.4) is 0 Å². The van der Waals surface area contributed by atoms with Gasteiger partial charge in [-0.15, -0.1) is 0 Å². The van der Waals surface area contributed by atoms with E-state index in [4.69, 9.17) is 4.74 Å². The van der Waals surface area contributed by atoms with Gasteiger partial charge in [-0.25, -0.2) is 0 Å². The van der Waals surface area contributed by atoms with Crippen molar-refractivity contribution in [2.45, 2.75) is 12.8 Å². The van der Waals surface area contributed by atoms with Crippen LogP contribution in [0.5, 0.6) is 0 Å². The number of nitrogens with one attached hydrogen (secondary N) is 1. The number of carbonyl (C=O) groups excluding carboxylic acids is 1. The number of hydrogen-bond donors (Lipinski definition) is 1. The zero-order valence-corrected chi connectivity index (χ0v) is 12.7. The van der Waals surface area contributed by atoms with Gasteiger partial charge in [0.25, 0.3) is 5.91 Å². The number of piperidine rings is 1. The molecule has 1 amide bonds. The Labute approximate surface area is 124 Å². The van der Waals surface area contributed by atoms with Crippen molar-refractivity contribution in [1.29, 1.82) is 0 Å². The van der Waals surface area contributed by atoms with Crippen molar-refractivity contribution in [3.8, 4) is 0 Å². The average molecular weight is 294 g/mol. The summed E-state index contributed by atoms with van der Waals surface area (Å²) < 4.78 is 5.42. The van der Waals surface area contributed by atoms with Crippen molar-refractivity contribution < 1.29 is 9.53 Å². The maximum absolute atomic E-state index is 12.6. The lowest BCUT2D eigenvalue weighted by Gasteiger charge is -2.38. The Bertz CT molecular complexity index is 454. The quantitative estimate of drug-likeness (QED) is 0.925. The van der Waals surface area contributed by atoms with E-state index in [1.54, 1.807) is 18.4 Å². The molecule has 2 saturated heterocycles. The molecule has 1 N–H and O–H groups in total. The minimum absolute atomic E-state index is 0.183. The number of likely N-dealkylation sites (tertiary alicyclic amines) is 1. The van der Waals surface area contributed by atoms with Gasteiger partial charge in [-0.1, -0.05) is 0 Å². The van der Waals surface area contributed by atoms with E-state index in [2.05, 4.69) is 5.32 Å². The van der Waals surface area contributed by atoms with E-state index in [0.29, 0.717) is 5.92 Å². The summed E-state index contributed by atoms with van der Waals surface area (Å²) in [5.74, 6) is 0.653. The molecule has 1 spiro atoms. The summed E-state index contributed by atoms with van der Waals surface area (Å²) in [5.41, 5.74) is 1.09. The number of methoxy groups -OCH3 is 1. The molecule has 0 bridgehead atoms. The van der Waals surface area contributed by atoms with Crippen LogP contribution in [-0.2, 0) is 4.74 Å². The van der Waals surface area contributed by atoms with Gasteiger partial charge in [0.1, 0.15) is 0 Å². The van der Waals surface area contributed by atoms with Crippen molar-refractivity contribution in [2.24, 2.45) is 11.3 Å². The lowest BCUT2D eigenvalue weighted by atomic mass is 9.71. The van der Waals surface area contributed by atoms with Gasteiger partial charge in [0, 0.05) is 31.5 Å². The standard InChI is InChI=1S/C15H22N2O2S/c1-19-9-13-8-17(14(18)12-2-7-20-10-12)11-15(13)3-5-16-6-4-15/h2,7,10,13,16H,3-6,8-9,11H2,1H3/t13-/m1/s1. The van der Waals surface area contributed by atoms with Gasteiger partial charge >= 0.3 is 0 Å². The fraction of sp³-hybridized carbons (Fsp3) is 0.667. The predicted molar refractivity (Wildman–Crippen MR) is 80.1 cm³/mol. The van der Waals surface area contributed by atoms with Crippen LogP contribution in [0.1, 0.15) is 23.2 Å². The Morgan fingerprint density at radius 2 is 2.35 bits per heavy atom. The number of amides is 1. The highest BCUT2D eigenvalue weighted by molar-refractivity contribution is 7.08. The topological polar surface area (TPSA) is 41.6 Å². The maximum Gasteiger partial charge on any atom is 0.254 e. The van der Waals surface area contributed by atoms with E-state index in [9.17, 15) is 4.79 Å². The lowest BCUT2D eigenvalue weighted by molar-refractivity contribution is 0.0702. The molecular weight excluding hydrogens is 272 g/mol. The molecule has 3 rings (SSSR count). The van der Waals surface area contributed by atoms with E-state index < -0.39 is 0 Å². The zero-order chi connectivity index (χ0) is 14.0. The highest BCUT2D eigenvalue weighted by Crippen LogP contribution is 2.43. The van der Waals surface area contributed by atoms with Crippen molar-refractivity contribution >= 4 is 17.2 Å². The fourth-order valence-corrected chi connectivity index (χ4v) is 4.31. The Kier molecular flexibility index (Phi) is 4.10. The van der Waals surface area contributed by atoms with Gasteiger partial charge in [0.05, 0.1) is 12.2 Å². The van der Waals surface area contributed by atoms with Crippen molar-refractivity contribution in [1.82, 2.24) is 10.2 Å². The van der Waals surface area contributed by atoms with Crippen LogP contribution >= 0.6 is 11.3 Å². The first-order chi connectivity index (χ1) is 9.75. The summed E-state index contributed by atoms with van der Waals surface area (Å²) in [5, 5.41) is 7.34. The highest BCUT2D eigenvalue weighted by atomic mass is 32.1. The molecule has 0 aliphatic carbocycles. The Balaban J connectivity index is 1.77. The SMILES string of the molecule is COC[C@H]1CN(C(=O)c2ccsc2)CC12CCNCC2. The molecule has 4 nitrogen and oxygen atoms in total. The zero-order valence-electron chi connectivity index (χ0n) is 11.9. The molecular formula is C15H22N2O2S. The van der Waals surface area contributed by atoms with Gasteiger partial charge in [-0.2, -0.15) is 11.3 Å². The van der Waals surface area contributed by atoms with Crippen LogP contribution in [0.4, 0.5) is 0 Å². The Morgan fingerprint density at radius 3 is 3.00 bits per heavy atom. The molecule has 0 unspecified atom stereocenters. The molecule has 1 aromatic heterocycles. The minimum Gasteiger partial charge on any atom is -0.384 e. The van der Waals surface area contributed by atoms with E-state index in [0.717, 1.165) is 51.2 Å². The average Bonchev–Trinajstić information content (AvgIpc) is 3.09. The highest BCUT2D eigenvalue weighted by Gasteiger charge is 2.48. The molecule has 20 heavy (non-hydrogen) atoms. The van der Waals surface area contributed by atoms with Crippen LogP contribution in [0, 0.1) is 11.3 Å². The summed E-state index contributed by atoms with van der Waals surface area (Å²) in [4.78, 5) is 14.6. The summed E-state index contributed by atoms with van der Waals surface area (Å²) in [6.45, 7) is 4.59. The Hall–Kier alpha value is -0.910. The summed E-state index contributed by atoms with van der Waals surface area (Å²) in [6.07, 6.45) is 2.29. The second kappa shape index (κ2) is 5.84. The van der Waals surface area contributed by atoms with Gasteiger partial charge in [-0.3, -0.25) is 4.79 Å². The largest absolute Gasteiger partial charge is 0.384 e. The molecule has 2 aliphatic heterocycles. The van der Waals surface area contributed by atoms with Gasteiger partial charge in [0.15, 0.2) is 0 Å². The third-order valence-corrected chi connectivity index (χ3v) is 5.52. The van der Waals surface area contributed by atoms with Crippen molar-refractivity contribution in [2.75, 3.05) is 39.9 Å². The molecule has 3 heterocycles. The maximum atomic E-state index is 12.6. The Morgan fingerprint density at radius 1 is 1.55 bits per heavy atom. The summed E-state index contributed by atoms with van der Waals surface area (Å²) in [6, 6.07) is 1.92. The van der Waals surface area contributed by atoms with Gasteiger partial charge in [-0.05, 0) is 42.8 Å². The van der Waals surface area contributed by atoms with Crippen molar-refractivity contribution in [3.05, 3.63) is 22.4 Å². The molecule has 110 valence electrons. The third-order valence-electron chi connectivity index (χ3n) is 4.84. The van der Waals surface area contributed by atoms with Gasteiger partial charge < -0.3 is 15.0 Å². The third kappa shape index (κ3) is 2.50. The second-order valence-electron chi connectivity index (χ2n) is 5.96. The molecule has 0 saturated carbocycles. The van der Waals surface area contributed by atoms with E-state index in [-0.39, 0.29) is 11.3 Å². The fourth-order valence-electron chi connectivity index (χ4n) is 3.68. The van der Waals surface area contributed by atoms with Crippen LogP contribution < -0.4 is 5.32 Å². The number of rotatable bonds is 3. The minimum atomic E-state index is 0.183. The molecule has 0 aromatic carbocycles. The number of hydrogen-bond acceptors (Lipinski definition) is 4. The first-order valence-electron chi connectivity index (χ1n) is 7.26. The molecule has 2 aliphatic rings. The molecule has 1 aromatic rings. The van der Waals surface area contributed by atoms with Crippen LogP contribution in [0.25, 0.3) is 0 Å². The number of ether oxygens (including phenoxy) is 1. The molecule has 1 atom stereocenters. The predicted octanol–water partition coefficient (Wildman–Crippen LogP) is 1.84. The van der Waals surface area contributed by atoms with Crippen LogP contribution in [0.15, 0.2) is 16.8 Å². The number of carbonyl (C=O) groups is 1. The van der Waals surface area contributed by atoms with Crippen molar-refractivity contribution in [3.63, 3.8) is 0 Å². The van der Waals surface area contributed by atoms with E-state index in [1.165, 1.54) is 0 Å². The second-order valence-corrected chi connectivity index (χ2v) is 6.74. The van der Waals surface area contributed by atoms with Crippen LogP contribution in [0.2, 0.25) is 0 Å². The molecule has 0 radical (unpaired) electrons.